The number of nitrogens with one attached hydrogen (secondary N) is 1. The molecular weight excluding hydrogens is 276 g/mol. The third kappa shape index (κ3) is 5.67. The SMILES string of the molecule is COCCOc1cccc(CN2CCNC(C)C2)c1.Cl. The van der Waals surface area contributed by atoms with Crippen LogP contribution in [-0.4, -0.2) is 50.9 Å². The zero-order chi connectivity index (χ0) is 13.5. The second-order valence-corrected chi connectivity index (χ2v) is 5.08. The van der Waals surface area contributed by atoms with Gasteiger partial charge in [-0.3, -0.25) is 4.90 Å². The van der Waals surface area contributed by atoms with Crippen LogP contribution in [0, 0.1) is 0 Å². The fourth-order valence-electron chi connectivity index (χ4n) is 2.39. The summed E-state index contributed by atoms with van der Waals surface area (Å²) in [6.45, 7) is 7.74. The maximum Gasteiger partial charge on any atom is 0.119 e. The minimum absolute atomic E-state index is 0. The van der Waals surface area contributed by atoms with E-state index in [1.807, 2.05) is 6.07 Å². The molecule has 0 bridgehead atoms. The number of halogens is 1. The zero-order valence-corrected chi connectivity index (χ0v) is 13.1. The van der Waals surface area contributed by atoms with E-state index in [1.54, 1.807) is 7.11 Å². The van der Waals surface area contributed by atoms with Gasteiger partial charge in [0.1, 0.15) is 12.4 Å². The van der Waals surface area contributed by atoms with Gasteiger partial charge in [0.2, 0.25) is 0 Å². The van der Waals surface area contributed by atoms with Crippen molar-refractivity contribution < 1.29 is 9.47 Å². The molecule has 1 aliphatic rings. The van der Waals surface area contributed by atoms with Crippen LogP contribution < -0.4 is 10.1 Å². The third-order valence-corrected chi connectivity index (χ3v) is 3.31. The van der Waals surface area contributed by atoms with Crippen LogP contribution in [0.4, 0.5) is 0 Å². The second kappa shape index (κ2) is 9.19. The van der Waals surface area contributed by atoms with E-state index in [-0.39, 0.29) is 12.4 Å². The molecule has 4 nitrogen and oxygen atoms in total. The first-order valence-corrected chi connectivity index (χ1v) is 6.94. The summed E-state index contributed by atoms with van der Waals surface area (Å²) in [5, 5.41) is 3.46. The summed E-state index contributed by atoms with van der Waals surface area (Å²) >= 11 is 0. The topological polar surface area (TPSA) is 33.7 Å². The van der Waals surface area contributed by atoms with Crippen molar-refractivity contribution in [1.29, 1.82) is 0 Å². The van der Waals surface area contributed by atoms with Gasteiger partial charge in [0.05, 0.1) is 6.61 Å². The lowest BCUT2D eigenvalue weighted by molar-refractivity contribution is 0.146. The number of ether oxygens (including phenoxy) is 2. The highest BCUT2D eigenvalue weighted by Crippen LogP contribution is 2.15. The summed E-state index contributed by atoms with van der Waals surface area (Å²) in [5.74, 6) is 0.928. The van der Waals surface area contributed by atoms with Gasteiger partial charge >= 0.3 is 0 Å². The Labute approximate surface area is 127 Å². The van der Waals surface area contributed by atoms with Crippen LogP contribution in [0.1, 0.15) is 12.5 Å². The fourth-order valence-corrected chi connectivity index (χ4v) is 2.39. The lowest BCUT2D eigenvalue weighted by Crippen LogP contribution is -2.48. The Bertz CT molecular complexity index is 390. The van der Waals surface area contributed by atoms with Crippen molar-refractivity contribution >= 4 is 12.4 Å². The minimum Gasteiger partial charge on any atom is -0.491 e. The molecule has 1 aromatic carbocycles. The first-order chi connectivity index (χ1) is 9.28. The summed E-state index contributed by atoms with van der Waals surface area (Å²) in [6.07, 6.45) is 0. The van der Waals surface area contributed by atoms with Crippen LogP contribution in [-0.2, 0) is 11.3 Å². The Morgan fingerprint density at radius 2 is 2.20 bits per heavy atom. The van der Waals surface area contributed by atoms with Crippen LogP contribution in [0.5, 0.6) is 5.75 Å². The molecule has 0 spiro atoms. The average Bonchev–Trinajstić information content (AvgIpc) is 2.39. The third-order valence-electron chi connectivity index (χ3n) is 3.31. The van der Waals surface area contributed by atoms with Gasteiger partial charge in [-0.05, 0) is 24.6 Å². The lowest BCUT2D eigenvalue weighted by atomic mass is 10.1. The molecule has 1 aliphatic heterocycles. The molecular formula is C15H25ClN2O2. The fraction of sp³-hybridized carbons (Fsp3) is 0.600. The van der Waals surface area contributed by atoms with Crippen molar-refractivity contribution in [2.24, 2.45) is 0 Å². The van der Waals surface area contributed by atoms with Gasteiger partial charge in [0, 0.05) is 39.3 Å². The highest BCUT2D eigenvalue weighted by atomic mass is 35.5. The van der Waals surface area contributed by atoms with Crippen LogP contribution in [0.25, 0.3) is 0 Å². The predicted molar refractivity (Wildman–Crippen MR) is 83.8 cm³/mol. The molecule has 1 saturated heterocycles. The predicted octanol–water partition coefficient (Wildman–Crippen LogP) is 1.93. The lowest BCUT2D eigenvalue weighted by Gasteiger charge is -2.31. The van der Waals surface area contributed by atoms with Gasteiger partial charge in [-0.2, -0.15) is 0 Å². The number of nitrogens with zero attached hydrogens (tertiary/aromatic N) is 1. The molecule has 2 rings (SSSR count). The number of benzene rings is 1. The summed E-state index contributed by atoms with van der Waals surface area (Å²) in [7, 11) is 1.69. The van der Waals surface area contributed by atoms with E-state index in [0.29, 0.717) is 19.3 Å². The van der Waals surface area contributed by atoms with E-state index in [2.05, 4.69) is 35.3 Å². The summed E-state index contributed by atoms with van der Waals surface area (Å²) in [4.78, 5) is 2.48. The van der Waals surface area contributed by atoms with Gasteiger partial charge in [-0.1, -0.05) is 12.1 Å². The molecule has 20 heavy (non-hydrogen) atoms. The van der Waals surface area contributed by atoms with Crippen molar-refractivity contribution in [2.75, 3.05) is 40.0 Å². The van der Waals surface area contributed by atoms with E-state index in [1.165, 1.54) is 5.56 Å². The van der Waals surface area contributed by atoms with Gasteiger partial charge < -0.3 is 14.8 Å². The summed E-state index contributed by atoms with van der Waals surface area (Å²) in [5.41, 5.74) is 1.31. The zero-order valence-electron chi connectivity index (χ0n) is 12.3. The molecule has 1 unspecified atom stereocenters. The van der Waals surface area contributed by atoms with Crippen LogP contribution >= 0.6 is 12.4 Å². The number of methoxy groups -OCH3 is 1. The Hall–Kier alpha value is -0.810. The van der Waals surface area contributed by atoms with E-state index in [0.717, 1.165) is 31.9 Å². The summed E-state index contributed by atoms with van der Waals surface area (Å²) in [6, 6.07) is 8.93. The van der Waals surface area contributed by atoms with Crippen molar-refractivity contribution in [2.45, 2.75) is 19.5 Å². The molecule has 0 saturated carbocycles. The van der Waals surface area contributed by atoms with E-state index in [9.17, 15) is 0 Å². The van der Waals surface area contributed by atoms with Gasteiger partial charge in [0.15, 0.2) is 0 Å². The first kappa shape index (κ1) is 17.2. The molecule has 1 atom stereocenters. The number of rotatable bonds is 6. The van der Waals surface area contributed by atoms with Crippen molar-refractivity contribution in [3.05, 3.63) is 29.8 Å². The van der Waals surface area contributed by atoms with E-state index in [4.69, 9.17) is 9.47 Å². The maximum atomic E-state index is 5.64. The second-order valence-electron chi connectivity index (χ2n) is 5.08. The van der Waals surface area contributed by atoms with Crippen LogP contribution in [0.15, 0.2) is 24.3 Å². The minimum atomic E-state index is 0. The summed E-state index contributed by atoms with van der Waals surface area (Å²) < 4.78 is 10.6. The normalized spacial score (nSPS) is 19.4. The largest absolute Gasteiger partial charge is 0.491 e. The molecule has 5 heteroatoms. The molecule has 1 heterocycles. The highest BCUT2D eigenvalue weighted by molar-refractivity contribution is 5.85. The smallest absolute Gasteiger partial charge is 0.119 e. The Balaban J connectivity index is 0.00000200. The Morgan fingerprint density at radius 3 is 2.95 bits per heavy atom. The monoisotopic (exact) mass is 300 g/mol. The molecule has 1 aromatic rings. The van der Waals surface area contributed by atoms with Crippen molar-refractivity contribution in [1.82, 2.24) is 10.2 Å². The van der Waals surface area contributed by atoms with Crippen molar-refractivity contribution in [3.8, 4) is 5.75 Å². The standard InChI is InChI=1S/C15H24N2O2.ClH/c1-13-11-17(7-6-16-13)12-14-4-3-5-15(10-14)19-9-8-18-2;/h3-5,10,13,16H,6-9,11-12H2,1-2H3;1H. The number of hydrogen-bond acceptors (Lipinski definition) is 4. The van der Waals surface area contributed by atoms with Gasteiger partial charge in [0.25, 0.3) is 0 Å². The van der Waals surface area contributed by atoms with Crippen LogP contribution in [0.2, 0.25) is 0 Å². The maximum absolute atomic E-state index is 5.64. The molecule has 114 valence electrons. The quantitative estimate of drug-likeness (QED) is 0.814. The molecule has 1 fully saturated rings. The Morgan fingerprint density at radius 1 is 1.35 bits per heavy atom. The van der Waals surface area contributed by atoms with E-state index >= 15 is 0 Å². The van der Waals surface area contributed by atoms with Crippen LogP contribution in [0.3, 0.4) is 0 Å². The molecule has 0 amide bonds. The van der Waals surface area contributed by atoms with E-state index < -0.39 is 0 Å². The molecule has 0 aliphatic carbocycles. The first-order valence-electron chi connectivity index (χ1n) is 6.94. The van der Waals surface area contributed by atoms with Crippen molar-refractivity contribution in [3.63, 3.8) is 0 Å². The average molecular weight is 301 g/mol. The molecule has 0 aromatic heterocycles. The van der Waals surface area contributed by atoms with Gasteiger partial charge in [-0.15, -0.1) is 12.4 Å². The highest BCUT2D eigenvalue weighted by Gasteiger charge is 2.15. The molecule has 1 N–H and O–H groups in total. The molecule has 0 radical (unpaired) electrons. The number of hydrogen-bond donors (Lipinski definition) is 1. The number of piperazine rings is 1. The van der Waals surface area contributed by atoms with Gasteiger partial charge in [-0.25, -0.2) is 0 Å². The Kier molecular flexibility index (Phi) is 7.92.